The van der Waals surface area contributed by atoms with Crippen LogP contribution < -0.4 is 0 Å². The smallest absolute Gasteiger partial charge is 0.0787 e. The van der Waals surface area contributed by atoms with Crippen LogP contribution in [0.5, 0.6) is 0 Å². The SMILES string of the molecule is CCC(O)c1cccc(C#CCCC2CCCC2)c1. The molecule has 1 nitrogen and oxygen atoms in total. The van der Waals surface area contributed by atoms with Crippen molar-refractivity contribution in [2.75, 3.05) is 0 Å². The molecule has 1 fully saturated rings. The van der Waals surface area contributed by atoms with E-state index in [9.17, 15) is 5.11 Å². The van der Waals surface area contributed by atoms with E-state index >= 15 is 0 Å². The van der Waals surface area contributed by atoms with Crippen LogP contribution in [0.15, 0.2) is 24.3 Å². The summed E-state index contributed by atoms with van der Waals surface area (Å²) in [5, 5.41) is 9.82. The van der Waals surface area contributed by atoms with Crippen LogP contribution in [-0.4, -0.2) is 5.11 Å². The Labute approximate surface area is 117 Å². The molecule has 1 atom stereocenters. The fourth-order valence-corrected chi connectivity index (χ4v) is 2.80. The Kier molecular flexibility index (Phi) is 5.48. The van der Waals surface area contributed by atoms with Crippen LogP contribution in [0.4, 0.5) is 0 Å². The first-order valence-corrected chi connectivity index (χ1v) is 7.56. The largest absolute Gasteiger partial charge is 0.388 e. The Balaban J connectivity index is 1.88. The minimum absolute atomic E-state index is 0.361. The van der Waals surface area contributed by atoms with Gasteiger partial charge in [0.2, 0.25) is 0 Å². The Morgan fingerprint density at radius 1 is 1.32 bits per heavy atom. The zero-order chi connectivity index (χ0) is 13.5. The van der Waals surface area contributed by atoms with E-state index in [1.165, 1.54) is 32.1 Å². The van der Waals surface area contributed by atoms with Gasteiger partial charge in [0, 0.05) is 12.0 Å². The third-order valence-corrected chi connectivity index (χ3v) is 4.04. The number of benzene rings is 1. The molecule has 0 heterocycles. The maximum absolute atomic E-state index is 9.82. The van der Waals surface area contributed by atoms with E-state index in [1.54, 1.807) is 0 Å². The average Bonchev–Trinajstić information content (AvgIpc) is 2.96. The van der Waals surface area contributed by atoms with Crippen molar-refractivity contribution in [2.45, 2.75) is 58.0 Å². The van der Waals surface area contributed by atoms with Gasteiger partial charge in [-0.3, -0.25) is 0 Å². The van der Waals surface area contributed by atoms with E-state index in [0.29, 0.717) is 0 Å². The van der Waals surface area contributed by atoms with E-state index in [4.69, 9.17) is 0 Å². The second kappa shape index (κ2) is 7.36. The summed E-state index contributed by atoms with van der Waals surface area (Å²) in [6, 6.07) is 7.98. The Hall–Kier alpha value is -1.26. The van der Waals surface area contributed by atoms with Gasteiger partial charge in [0.05, 0.1) is 6.10 Å². The highest BCUT2D eigenvalue weighted by atomic mass is 16.3. The zero-order valence-corrected chi connectivity index (χ0v) is 11.9. The highest BCUT2D eigenvalue weighted by Crippen LogP contribution is 2.28. The van der Waals surface area contributed by atoms with Gasteiger partial charge >= 0.3 is 0 Å². The molecule has 2 rings (SSSR count). The predicted octanol–water partition coefficient (Wildman–Crippen LogP) is 4.45. The molecule has 1 N–H and O–H groups in total. The molecule has 1 unspecified atom stereocenters. The molecule has 0 bridgehead atoms. The molecule has 0 radical (unpaired) electrons. The molecule has 1 saturated carbocycles. The summed E-state index contributed by atoms with van der Waals surface area (Å²) < 4.78 is 0. The first-order valence-electron chi connectivity index (χ1n) is 7.56. The van der Waals surface area contributed by atoms with E-state index in [1.807, 2.05) is 31.2 Å². The molecular weight excluding hydrogens is 232 g/mol. The van der Waals surface area contributed by atoms with Gasteiger partial charge in [0.25, 0.3) is 0 Å². The maximum Gasteiger partial charge on any atom is 0.0787 e. The van der Waals surface area contributed by atoms with E-state index in [2.05, 4.69) is 11.8 Å². The summed E-state index contributed by atoms with van der Waals surface area (Å²) in [4.78, 5) is 0. The summed E-state index contributed by atoms with van der Waals surface area (Å²) in [6.45, 7) is 1.99. The highest BCUT2D eigenvalue weighted by molar-refractivity contribution is 5.37. The van der Waals surface area contributed by atoms with Crippen molar-refractivity contribution in [3.63, 3.8) is 0 Å². The highest BCUT2D eigenvalue weighted by Gasteiger charge is 2.13. The van der Waals surface area contributed by atoms with Gasteiger partial charge in [-0.15, -0.1) is 0 Å². The molecule has 1 aromatic carbocycles. The Bertz CT molecular complexity index is 446. The number of rotatable bonds is 4. The third-order valence-electron chi connectivity index (χ3n) is 4.04. The van der Waals surface area contributed by atoms with Gasteiger partial charge in [-0.25, -0.2) is 0 Å². The van der Waals surface area contributed by atoms with Crippen LogP contribution in [-0.2, 0) is 0 Å². The van der Waals surface area contributed by atoms with E-state index < -0.39 is 0 Å². The summed E-state index contributed by atoms with van der Waals surface area (Å²) in [5.74, 6) is 7.43. The normalized spacial score (nSPS) is 16.9. The second-order valence-electron chi connectivity index (χ2n) is 5.54. The van der Waals surface area contributed by atoms with Gasteiger partial charge in [0.1, 0.15) is 0 Å². The van der Waals surface area contributed by atoms with Gasteiger partial charge in [-0.2, -0.15) is 0 Å². The zero-order valence-electron chi connectivity index (χ0n) is 11.9. The molecular formula is C18H24O. The number of hydrogen-bond donors (Lipinski definition) is 1. The molecule has 0 saturated heterocycles. The first kappa shape index (κ1) is 14.2. The van der Waals surface area contributed by atoms with Gasteiger partial charge in [-0.05, 0) is 36.5 Å². The average molecular weight is 256 g/mol. The minimum atomic E-state index is -0.361. The summed E-state index contributed by atoms with van der Waals surface area (Å²) in [5.41, 5.74) is 2.00. The summed E-state index contributed by atoms with van der Waals surface area (Å²) in [7, 11) is 0. The van der Waals surface area contributed by atoms with Crippen molar-refractivity contribution >= 4 is 0 Å². The van der Waals surface area contributed by atoms with Crippen LogP contribution >= 0.6 is 0 Å². The second-order valence-corrected chi connectivity index (χ2v) is 5.54. The minimum Gasteiger partial charge on any atom is -0.388 e. The molecule has 1 aromatic rings. The van der Waals surface area contributed by atoms with Crippen LogP contribution in [0.25, 0.3) is 0 Å². The Morgan fingerprint density at radius 2 is 2.11 bits per heavy atom. The molecule has 19 heavy (non-hydrogen) atoms. The summed E-state index contributed by atoms with van der Waals surface area (Å²) in [6.07, 6.45) is 8.28. The lowest BCUT2D eigenvalue weighted by atomic mass is 10.0. The number of hydrogen-bond acceptors (Lipinski definition) is 1. The van der Waals surface area contributed by atoms with Crippen molar-refractivity contribution in [3.8, 4) is 11.8 Å². The summed E-state index contributed by atoms with van der Waals surface area (Å²) >= 11 is 0. The van der Waals surface area contributed by atoms with E-state index in [-0.39, 0.29) is 6.10 Å². The van der Waals surface area contributed by atoms with Crippen molar-refractivity contribution in [1.82, 2.24) is 0 Å². The third kappa shape index (κ3) is 4.40. The lowest BCUT2D eigenvalue weighted by Crippen LogP contribution is -1.95. The lowest BCUT2D eigenvalue weighted by molar-refractivity contribution is 0.173. The molecule has 1 aliphatic rings. The van der Waals surface area contributed by atoms with Crippen molar-refractivity contribution in [1.29, 1.82) is 0 Å². The molecule has 0 aromatic heterocycles. The lowest BCUT2D eigenvalue weighted by Gasteiger charge is -2.07. The van der Waals surface area contributed by atoms with Crippen LogP contribution in [0.3, 0.4) is 0 Å². The van der Waals surface area contributed by atoms with Crippen LogP contribution in [0.2, 0.25) is 0 Å². The topological polar surface area (TPSA) is 20.2 Å². The molecule has 1 aliphatic carbocycles. The van der Waals surface area contributed by atoms with Crippen molar-refractivity contribution in [3.05, 3.63) is 35.4 Å². The molecule has 0 amide bonds. The maximum atomic E-state index is 9.82. The van der Waals surface area contributed by atoms with Crippen LogP contribution in [0.1, 0.15) is 69.1 Å². The fraction of sp³-hybridized carbons (Fsp3) is 0.556. The van der Waals surface area contributed by atoms with Gasteiger partial charge < -0.3 is 5.11 Å². The number of aliphatic hydroxyl groups excluding tert-OH is 1. The van der Waals surface area contributed by atoms with Gasteiger partial charge in [0.15, 0.2) is 0 Å². The predicted molar refractivity (Wildman–Crippen MR) is 79.8 cm³/mol. The standard InChI is InChI=1S/C18H24O/c1-2-18(19)17-13-7-12-16(14-17)11-6-5-10-15-8-3-4-9-15/h7,12-15,18-19H,2-5,8-10H2,1H3. The molecule has 0 spiro atoms. The van der Waals surface area contributed by atoms with Crippen molar-refractivity contribution < 1.29 is 5.11 Å². The number of aliphatic hydroxyl groups is 1. The first-order chi connectivity index (χ1) is 9.29. The van der Waals surface area contributed by atoms with Crippen molar-refractivity contribution in [2.24, 2.45) is 5.92 Å². The molecule has 102 valence electrons. The molecule has 1 heteroatoms. The van der Waals surface area contributed by atoms with Crippen LogP contribution in [0, 0.1) is 17.8 Å². The Morgan fingerprint density at radius 3 is 2.84 bits per heavy atom. The van der Waals surface area contributed by atoms with Gasteiger partial charge in [-0.1, -0.05) is 56.6 Å². The van der Waals surface area contributed by atoms with E-state index in [0.717, 1.165) is 29.9 Å². The monoisotopic (exact) mass is 256 g/mol. The quantitative estimate of drug-likeness (QED) is 0.789. The fourth-order valence-electron chi connectivity index (χ4n) is 2.80. The molecule has 0 aliphatic heterocycles.